The zero-order chi connectivity index (χ0) is 12.8. The van der Waals surface area contributed by atoms with Gasteiger partial charge in [-0.05, 0) is 6.42 Å². The van der Waals surface area contributed by atoms with E-state index in [1.54, 1.807) is 0 Å². The number of nitrogens with one attached hydrogen (secondary N) is 1. The number of likely N-dealkylation sites (tertiary alicyclic amines) is 1. The molecule has 0 aliphatic carbocycles. The van der Waals surface area contributed by atoms with Gasteiger partial charge in [-0.1, -0.05) is 0 Å². The van der Waals surface area contributed by atoms with E-state index in [2.05, 4.69) is 11.2 Å². The largest absolute Gasteiger partial charge is 0.480 e. The van der Waals surface area contributed by atoms with Crippen LogP contribution in [0.5, 0.6) is 0 Å². The van der Waals surface area contributed by atoms with E-state index in [0.29, 0.717) is 13.0 Å². The highest BCUT2D eigenvalue weighted by molar-refractivity contribution is 5.88. The Morgan fingerprint density at radius 2 is 2.29 bits per heavy atom. The fourth-order valence-electron chi connectivity index (χ4n) is 1.60. The van der Waals surface area contributed by atoms with Gasteiger partial charge in [0.2, 0.25) is 11.8 Å². The van der Waals surface area contributed by atoms with Crippen LogP contribution in [-0.4, -0.2) is 46.9 Å². The topological polar surface area (TPSA) is 86.7 Å². The fraction of sp³-hybridized carbons (Fsp3) is 0.545. The predicted octanol–water partition coefficient (Wildman–Crippen LogP) is -0.798. The van der Waals surface area contributed by atoms with Crippen molar-refractivity contribution in [2.75, 3.05) is 13.1 Å². The smallest absolute Gasteiger partial charge is 0.327 e. The Morgan fingerprint density at radius 1 is 1.59 bits per heavy atom. The van der Waals surface area contributed by atoms with Crippen LogP contribution in [0.2, 0.25) is 0 Å². The van der Waals surface area contributed by atoms with Crippen LogP contribution in [-0.2, 0) is 14.4 Å². The maximum atomic E-state index is 11.5. The molecule has 2 amide bonds. The molecule has 0 spiro atoms. The van der Waals surface area contributed by atoms with Crippen LogP contribution in [0.25, 0.3) is 0 Å². The van der Waals surface area contributed by atoms with Crippen molar-refractivity contribution in [3.8, 4) is 12.3 Å². The summed E-state index contributed by atoms with van der Waals surface area (Å²) < 4.78 is 0. The highest BCUT2D eigenvalue weighted by Gasteiger charge is 2.24. The van der Waals surface area contributed by atoms with Gasteiger partial charge in [0.1, 0.15) is 6.04 Å². The molecule has 1 atom stereocenters. The van der Waals surface area contributed by atoms with E-state index in [-0.39, 0.29) is 18.9 Å². The van der Waals surface area contributed by atoms with E-state index in [1.807, 2.05) is 0 Å². The molecule has 1 fully saturated rings. The van der Waals surface area contributed by atoms with Crippen molar-refractivity contribution >= 4 is 17.8 Å². The van der Waals surface area contributed by atoms with Gasteiger partial charge in [0.25, 0.3) is 0 Å². The summed E-state index contributed by atoms with van der Waals surface area (Å²) in [5, 5.41) is 11.1. The molecule has 1 heterocycles. The first-order chi connectivity index (χ1) is 8.04. The second kappa shape index (κ2) is 5.89. The fourth-order valence-corrected chi connectivity index (χ4v) is 1.60. The summed E-state index contributed by atoms with van der Waals surface area (Å²) in [7, 11) is 0. The number of aliphatic carboxylic acids is 1. The summed E-state index contributed by atoms with van der Waals surface area (Å²) in [6.07, 6.45) is 6.10. The van der Waals surface area contributed by atoms with Gasteiger partial charge in [-0.25, -0.2) is 4.79 Å². The monoisotopic (exact) mass is 238 g/mol. The lowest BCUT2D eigenvalue weighted by Crippen LogP contribution is -2.45. The Bertz CT molecular complexity index is 372. The number of carboxylic acids is 1. The maximum Gasteiger partial charge on any atom is 0.327 e. The first-order valence-corrected chi connectivity index (χ1v) is 5.28. The zero-order valence-electron chi connectivity index (χ0n) is 9.31. The summed E-state index contributed by atoms with van der Waals surface area (Å²) in [5.41, 5.74) is 0. The molecule has 17 heavy (non-hydrogen) atoms. The van der Waals surface area contributed by atoms with Crippen molar-refractivity contribution in [2.45, 2.75) is 25.3 Å². The van der Waals surface area contributed by atoms with Crippen LogP contribution >= 0.6 is 0 Å². The lowest BCUT2D eigenvalue weighted by Gasteiger charge is -2.17. The average Bonchev–Trinajstić information content (AvgIpc) is 2.63. The number of carboxylic acid groups (broad SMARTS) is 1. The Morgan fingerprint density at radius 3 is 2.76 bits per heavy atom. The van der Waals surface area contributed by atoms with Crippen molar-refractivity contribution < 1.29 is 19.5 Å². The molecule has 1 aliphatic rings. The molecule has 92 valence electrons. The first-order valence-electron chi connectivity index (χ1n) is 5.28. The van der Waals surface area contributed by atoms with Crippen molar-refractivity contribution in [1.82, 2.24) is 10.2 Å². The van der Waals surface area contributed by atoms with Crippen LogP contribution in [0.4, 0.5) is 0 Å². The van der Waals surface area contributed by atoms with Crippen molar-refractivity contribution in [3.05, 3.63) is 0 Å². The third kappa shape index (κ3) is 3.79. The molecule has 6 nitrogen and oxygen atoms in total. The Balaban J connectivity index is 2.45. The first kappa shape index (κ1) is 13.0. The lowest BCUT2D eigenvalue weighted by atomic mass is 10.2. The minimum atomic E-state index is -1.18. The molecular formula is C11H14N2O4. The molecule has 1 rings (SSSR count). The predicted molar refractivity (Wildman–Crippen MR) is 58.8 cm³/mol. The number of terminal acetylenes is 1. The molecule has 2 N–H and O–H groups in total. The maximum absolute atomic E-state index is 11.5. The van der Waals surface area contributed by atoms with E-state index >= 15 is 0 Å². The number of amides is 2. The van der Waals surface area contributed by atoms with Crippen LogP contribution in [0.15, 0.2) is 0 Å². The third-order valence-electron chi connectivity index (χ3n) is 2.46. The minimum absolute atomic E-state index is 0.0744. The molecule has 0 saturated carbocycles. The molecule has 0 bridgehead atoms. The minimum Gasteiger partial charge on any atom is -0.480 e. The van der Waals surface area contributed by atoms with Crippen LogP contribution in [0.1, 0.15) is 19.3 Å². The van der Waals surface area contributed by atoms with Gasteiger partial charge in [-0.3, -0.25) is 9.59 Å². The molecular weight excluding hydrogens is 224 g/mol. The van der Waals surface area contributed by atoms with E-state index in [9.17, 15) is 14.4 Å². The molecule has 0 aromatic carbocycles. The summed E-state index contributed by atoms with van der Waals surface area (Å²) in [6, 6.07) is -1.09. The van der Waals surface area contributed by atoms with Gasteiger partial charge in [0.15, 0.2) is 0 Å². The van der Waals surface area contributed by atoms with Gasteiger partial charge in [-0.15, -0.1) is 12.3 Å². The molecule has 0 radical (unpaired) electrons. The van der Waals surface area contributed by atoms with Crippen molar-refractivity contribution in [1.29, 1.82) is 0 Å². The number of carbonyl (C=O) groups is 3. The van der Waals surface area contributed by atoms with Gasteiger partial charge in [0, 0.05) is 19.4 Å². The zero-order valence-corrected chi connectivity index (χ0v) is 9.31. The Kier molecular flexibility index (Phi) is 4.52. The summed E-state index contributed by atoms with van der Waals surface area (Å²) in [6.45, 7) is 0.437. The summed E-state index contributed by atoms with van der Waals surface area (Å²) >= 11 is 0. The SMILES string of the molecule is C#CCC(NC(=O)CN1CCCC1=O)C(=O)O. The normalized spacial score (nSPS) is 16.4. The van der Waals surface area contributed by atoms with Gasteiger partial charge >= 0.3 is 5.97 Å². The highest BCUT2D eigenvalue weighted by Crippen LogP contribution is 2.08. The quantitative estimate of drug-likeness (QED) is 0.614. The molecule has 1 unspecified atom stereocenters. The second-order valence-electron chi connectivity index (χ2n) is 3.79. The number of nitrogens with zero attached hydrogens (tertiary/aromatic N) is 1. The molecule has 1 saturated heterocycles. The number of rotatable bonds is 5. The number of carbonyl (C=O) groups excluding carboxylic acids is 2. The Labute approximate surface area is 99.0 Å². The van der Waals surface area contributed by atoms with Gasteiger partial charge < -0.3 is 15.3 Å². The molecule has 0 aromatic rings. The number of hydrogen-bond acceptors (Lipinski definition) is 3. The van der Waals surface area contributed by atoms with E-state index in [4.69, 9.17) is 11.5 Å². The van der Waals surface area contributed by atoms with Crippen molar-refractivity contribution in [2.24, 2.45) is 0 Å². The van der Waals surface area contributed by atoms with Crippen LogP contribution < -0.4 is 5.32 Å². The second-order valence-corrected chi connectivity index (χ2v) is 3.79. The van der Waals surface area contributed by atoms with E-state index in [1.165, 1.54) is 4.90 Å². The van der Waals surface area contributed by atoms with Crippen LogP contribution in [0.3, 0.4) is 0 Å². The summed E-state index contributed by atoms with van der Waals surface area (Å²) in [5.74, 6) is 0.427. The highest BCUT2D eigenvalue weighted by atomic mass is 16.4. The van der Waals surface area contributed by atoms with E-state index in [0.717, 1.165) is 6.42 Å². The standard InChI is InChI=1S/C11H14N2O4/c1-2-4-8(11(16)17)12-9(14)7-13-6-3-5-10(13)15/h1,8H,3-7H2,(H,12,14)(H,16,17). The molecule has 1 aliphatic heterocycles. The van der Waals surface area contributed by atoms with E-state index < -0.39 is 17.9 Å². The van der Waals surface area contributed by atoms with Crippen LogP contribution in [0, 0.1) is 12.3 Å². The summed E-state index contributed by atoms with van der Waals surface area (Å²) in [4.78, 5) is 34.9. The number of hydrogen-bond donors (Lipinski definition) is 2. The molecule has 0 aromatic heterocycles. The lowest BCUT2D eigenvalue weighted by molar-refractivity contribution is -0.142. The third-order valence-corrected chi connectivity index (χ3v) is 2.46. The Hall–Kier alpha value is -2.03. The molecule has 6 heteroatoms. The van der Waals surface area contributed by atoms with Gasteiger partial charge in [0.05, 0.1) is 6.54 Å². The van der Waals surface area contributed by atoms with Crippen molar-refractivity contribution in [3.63, 3.8) is 0 Å². The average molecular weight is 238 g/mol. The van der Waals surface area contributed by atoms with Gasteiger partial charge in [-0.2, -0.15) is 0 Å².